The first-order valence-corrected chi connectivity index (χ1v) is 9.65. The predicted molar refractivity (Wildman–Crippen MR) is 106 cm³/mol. The van der Waals surface area contributed by atoms with Gasteiger partial charge in [-0.1, -0.05) is 54.6 Å². The summed E-state index contributed by atoms with van der Waals surface area (Å²) in [5, 5.41) is 1.26. The third kappa shape index (κ3) is 3.37. The highest BCUT2D eigenvalue weighted by Crippen LogP contribution is 2.48. The normalized spacial score (nSPS) is 11.2. The van der Waals surface area contributed by atoms with Crippen LogP contribution in [0.25, 0.3) is 10.9 Å². The van der Waals surface area contributed by atoms with Crippen LogP contribution < -0.4 is 0 Å². The van der Waals surface area contributed by atoms with Crippen molar-refractivity contribution in [2.75, 3.05) is 0 Å². The lowest BCUT2D eigenvalue weighted by Gasteiger charge is -2.18. The molecular formula is C21H17NS2. The molecule has 0 atom stereocenters. The van der Waals surface area contributed by atoms with E-state index in [-0.39, 0.29) is 4.58 Å². The second-order valence-corrected chi connectivity index (χ2v) is 8.14. The quantitative estimate of drug-likeness (QED) is 0.317. The van der Waals surface area contributed by atoms with Crippen molar-refractivity contribution < 1.29 is 0 Å². The number of aromatic nitrogens is 1. The summed E-state index contributed by atoms with van der Waals surface area (Å²) in [7, 11) is 0. The lowest BCUT2D eigenvalue weighted by Crippen LogP contribution is -1.91. The molecule has 0 bridgehead atoms. The summed E-state index contributed by atoms with van der Waals surface area (Å²) in [4.78, 5) is 5.99. The fraction of sp³-hybridized carbons (Fsp3) is 0.0476. The van der Waals surface area contributed by atoms with E-state index >= 15 is 0 Å². The van der Waals surface area contributed by atoms with Gasteiger partial charge in [0.15, 0.2) is 0 Å². The zero-order valence-electron chi connectivity index (χ0n) is 13.1. The Kier molecular flexibility index (Phi) is 4.63. The largest absolute Gasteiger partial charge is 0.361 e. The molecule has 1 aromatic heterocycles. The molecule has 0 aliphatic rings. The zero-order valence-corrected chi connectivity index (χ0v) is 14.7. The molecule has 0 saturated carbocycles. The van der Waals surface area contributed by atoms with Gasteiger partial charge >= 0.3 is 0 Å². The summed E-state index contributed by atoms with van der Waals surface area (Å²) in [6.45, 7) is 0. The molecule has 0 aliphatic heterocycles. The van der Waals surface area contributed by atoms with E-state index in [9.17, 15) is 0 Å². The lowest BCUT2D eigenvalue weighted by atomic mass is 10.2. The lowest BCUT2D eigenvalue weighted by molar-refractivity contribution is 1.33. The SMILES string of the molecule is c1ccc(SC(Sc2ccccc2)c2cccc3cc[nH]c23)cc1. The molecule has 0 amide bonds. The highest BCUT2D eigenvalue weighted by Gasteiger charge is 2.18. The van der Waals surface area contributed by atoms with E-state index in [1.807, 2.05) is 29.7 Å². The van der Waals surface area contributed by atoms with Crippen molar-refractivity contribution in [3.8, 4) is 0 Å². The minimum atomic E-state index is 0.289. The van der Waals surface area contributed by atoms with Crippen molar-refractivity contribution in [2.24, 2.45) is 0 Å². The van der Waals surface area contributed by atoms with Crippen LogP contribution in [0.4, 0.5) is 0 Å². The van der Waals surface area contributed by atoms with Crippen LogP contribution in [-0.4, -0.2) is 4.98 Å². The van der Waals surface area contributed by atoms with Crippen molar-refractivity contribution in [1.82, 2.24) is 4.98 Å². The van der Waals surface area contributed by atoms with Crippen molar-refractivity contribution in [3.05, 3.63) is 96.7 Å². The van der Waals surface area contributed by atoms with E-state index in [4.69, 9.17) is 0 Å². The number of para-hydroxylation sites is 1. The van der Waals surface area contributed by atoms with Crippen LogP contribution >= 0.6 is 23.5 Å². The molecule has 0 saturated heterocycles. The number of thioether (sulfide) groups is 2. The fourth-order valence-electron chi connectivity index (χ4n) is 2.70. The number of hydrogen-bond acceptors (Lipinski definition) is 2. The Morgan fingerprint density at radius 2 is 1.25 bits per heavy atom. The molecule has 4 rings (SSSR count). The maximum Gasteiger partial charge on any atom is 0.0865 e. The van der Waals surface area contributed by atoms with Crippen LogP contribution in [0, 0.1) is 0 Å². The molecule has 1 N–H and O–H groups in total. The van der Waals surface area contributed by atoms with Gasteiger partial charge in [-0.25, -0.2) is 0 Å². The van der Waals surface area contributed by atoms with Crippen LogP contribution in [0.5, 0.6) is 0 Å². The average Bonchev–Trinajstić information content (AvgIpc) is 3.12. The summed E-state index contributed by atoms with van der Waals surface area (Å²) in [6.07, 6.45) is 2.02. The topological polar surface area (TPSA) is 15.8 Å². The Morgan fingerprint density at radius 3 is 1.88 bits per heavy atom. The third-order valence-electron chi connectivity index (χ3n) is 3.85. The van der Waals surface area contributed by atoms with E-state index in [1.165, 1.54) is 26.3 Å². The smallest absolute Gasteiger partial charge is 0.0865 e. The summed E-state index contributed by atoms with van der Waals surface area (Å²) in [5.74, 6) is 0. The second-order valence-electron chi connectivity index (χ2n) is 5.48. The molecule has 24 heavy (non-hydrogen) atoms. The Balaban J connectivity index is 1.73. The molecule has 1 nitrogen and oxygen atoms in total. The van der Waals surface area contributed by atoms with Gasteiger partial charge in [0.25, 0.3) is 0 Å². The minimum Gasteiger partial charge on any atom is -0.361 e. The predicted octanol–water partition coefficient (Wildman–Crippen LogP) is 6.75. The first-order chi connectivity index (χ1) is 11.9. The molecule has 1 heterocycles. The van der Waals surface area contributed by atoms with Gasteiger partial charge in [0, 0.05) is 16.0 Å². The number of benzene rings is 3. The van der Waals surface area contributed by atoms with Crippen LogP contribution in [0.3, 0.4) is 0 Å². The third-order valence-corrected chi connectivity index (χ3v) is 6.45. The molecule has 118 valence electrons. The first kappa shape index (κ1) is 15.4. The Morgan fingerprint density at radius 1 is 0.625 bits per heavy atom. The zero-order chi connectivity index (χ0) is 16.2. The minimum absolute atomic E-state index is 0.289. The molecule has 3 heteroatoms. The van der Waals surface area contributed by atoms with Gasteiger partial charge in [-0.05, 0) is 41.3 Å². The number of nitrogens with one attached hydrogen (secondary N) is 1. The number of aromatic amines is 1. The Bertz CT molecular complexity index is 875. The molecule has 0 unspecified atom stereocenters. The molecule has 0 aliphatic carbocycles. The first-order valence-electron chi connectivity index (χ1n) is 7.89. The standard InChI is InChI=1S/C21H17NS2/c1-3-9-17(10-4-1)23-21(24-18-11-5-2-6-12-18)19-13-7-8-16-14-15-22-20(16)19/h1-15,21-22H. The van der Waals surface area contributed by atoms with Gasteiger partial charge in [0.05, 0.1) is 10.1 Å². The van der Waals surface area contributed by atoms with Gasteiger partial charge < -0.3 is 4.98 Å². The van der Waals surface area contributed by atoms with E-state index in [0.717, 1.165) is 0 Å². The van der Waals surface area contributed by atoms with Gasteiger partial charge in [-0.3, -0.25) is 0 Å². The number of H-pyrrole nitrogens is 1. The number of hydrogen-bond donors (Lipinski definition) is 1. The van der Waals surface area contributed by atoms with Gasteiger partial charge in [-0.2, -0.15) is 0 Å². The van der Waals surface area contributed by atoms with Crippen molar-refractivity contribution >= 4 is 34.4 Å². The second kappa shape index (κ2) is 7.20. The molecule has 0 spiro atoms. The Labute approximate surface area is 150 Å². The summed E-state index contributed by atoms with van der Waals surface area (Å²) in [5.41, 5.74) is 2.56. The number of rotatable bonds is 5. The van der Waals surface area contributed by atoms with Crippen molar-refractivity contribution in [1.29, 1.82) is 0 Å². The van der Waals surface area contributed by atoms with Crippen molar-refractivity contribution in [3.63, 3.8) is 0 Å². The highest BCUT2D eigenvalue weighted by molar-refractivity contribution is 8.16. The monoisotopic (exact) mass is 347 g/mol. The maximum atomic E-state index is 3.41. The molecule has 0 fully saturated rings. The summed E-state index contributed by atoms with van der Waals surface area (Å²) >= 11 is 3.80. The summed E-state index contributed by atoms with van der Waals surface area (Å²) < 4.78 is 0.289. The molecule has 0 radical (unpaired) electrons. The van der Waals surface area contributed by atoms with E-state index in [1.54, 1.807) is 0 Å². The summed E-state index contributed by atoms with van der Waals surface area (Å²) in [6, 6.07) is 29.9. The average molecular weight is 348 g/mol. The maximum absolute atomic E-state index is 3.41. The highest BCUT2D eigenvalue weighted by atomic mass is 32.2. The molecule has 3 aromatic carbocycles. The molecular weight excluding hydrogens is 330 g/mol. The van der Waals surface area contributed by atoms with Crippen LogP contribution in [0.2, 0.25) is 0 Å². The number of fused-ring (bicyclic) bond motifs is 1. The van der Waals surface area contributed by atoms with E-state index in [0.29, 0.717) is 0 Å². The van der Waals surface area contributed by atoms with Crippen molar-refractivity contribution in [2.45, 2.75) is 14.4 Å². The Hall–Kier alpha value is -2.10. The fourth-order valence-corrected chi connectivity index (χ4v) is 5.33. The van der Waals surface area contributed by atoms with E-state index in [2.05, 4.69) is 89.9 Å². The van der Waals surface area contributed by atoms with Crippen LogP contribution in [-0.2, 0) is 0 Å². The van der Waals surface area contributed by atoms with Gasteiger partial charge in [0.1, 0.15) is 0 Å². The van der Waals surface area contributed by atoms with Crippen LogP contribution in [0.1, 0.15) is 10.1 Å². The van der Waals surface area contributed by atoms with E-state index < -0.39 is 0 Å². The van der Waals surface area contributed by atoms with Crippen LogP contribution in [0.15, 0.2) is 101 Å². The van der Waals surface area contributed by atoms with Gasteiger partial charge in [0.2, 0.25) is 0 Å². The van der Waals surface area contributed by atoms with Gasteiger partial charge in [-0.15, -0.1) is 23.5 Å². The molecule has 4 aromatic rings.